The van der Waals surface area contributed by atoms with E-state index in [0.29, 0.717) is 0 Å². The molecule has 0 aliphatic heterocycles. The molecule has 1 N–H and O–H groups in total. The summed E-state index contributed by atoms with van der Waals surface area (Å²) in [6.45, 7) is 4.84. The van der Waals surface area contributed by atoms with Crippen molar-refractivity contribution in [1.82, 2.24) is 15.3 Å². The molecule has 16 heavy (non-hydrogen) atoms. The lowest BCUT2D eigenvalue weighted by Gasteiger charge is -2.14. The number of nitrogens with one attached hydrogen (secondary N) is 1. The molecule has 0 radical (unpaired) electrons. The highest BCUT2D eigenvalue weighted by molar-refractivity contribution is 5.19. The predicted molar refractivity (Wildman–Crippen MR) is 61.0 cm³/mol. The zero-order valence-corrected chi connectivity index (χ0v) is 9.47. The fourth-order valence-electron chi connectivity index (χ4n) is 1.62. The van der Waals surface area contributed by atoms with E-state index in [9.17, 15) is 0 Å². The maximum Gasteiger partial charge on any atom is 0.127 e. The molecule has 0 aliphatic rings. The first-order valence-corrected chi connectivity index (χ1v) is 5.37. The molecular formula is C12H15N3O. The minimum atomic E-state index is -0.0209. The molecule has 1 atom stereocenters. The summed E-state index contributed by atoms with van der Waals surface area (Å²) in [5.41, 5.74) is 0.874. The highest BCUT2D eigenvalue weighted by atomic mass is 16.3. The molecule has 2 heterocycles. The number of hydrogen-bond donors (Lipinski definition) is 1. The van der Waals surface area contributed by atoms with Crippen LogP contribution in [-0.2, 0) is 0 Å². The lowest BCUT2D eigenvalue weighted by atomic mass is 10.1. The molecule has 4 nitrogen and oxygen atoms in total. The summed E-state index contributed by atoms with van der Waals surface area (Å²) in [5, 5.41) is 3.33. The van der Waals surface area contributed by atoms with Crippen LogP contribution in [0.5, 0.6) is 0 Å². The fourth-order valence-corrected chi connectivity index (χ4v) is 1.62. The van der Waals surface area contributed by atoms with E-state index in [1.807, 2.05) is 19.1 Å². The van der Waals surface area contributed by atoms with Gasteiger partial charge in [0.25, 0.3) is 0 Å². The molecule has 84 valence electrons. The van der Waals surface area contributed by atoms with Gasteiger partial charge in [0.05, 0.1) is 11.9 Å². The van der Waals surface area contributed by atoms with E-state index in [0.717, 1.165) is 23.8 Å². The number of furan rings is 1. The van der Waals surface area contributed by atoms with Gasteiger partial charge in [-0.1, -0.05) is 6.92 Å². The Morgan fingerprint density at radius 2 is 2.25 bits per heavy atom. The van der Waals surface area contributed by atoms with E-state index in [1.165, 1.54) is 0 Å². The van der Waals surface area contributed by atoms with Crippen LogP contribution in [0, 0.1) is 6.92 Å². The summed E-state index contributed by atoms with van der Waals surface area (Å²) in [6.07, 6.45) is 5.11. The smallest absolute Gasteiger partial charge is 0.127 e. The van der Waals surface area contributed by atoms with Gasteiger partial charge < -0.3 is 9.73 Å². The molecule has 2 aromatic heterocycles. The molecule has 0 saturated carbocycles. The van der Waals surface area contributed by atoms with Crippen molar-refractivity contribution in [3.8, 4) is 0 Å². The van der Waals surface area contributed by atoms with Gasteiger partial charge in [-0.25, -0.2) is 0 Å². The monoisotopic (exact) mass is 217 g/mol. The van der Waals surface area contributed by atoms with Gasteiger partial charge in [0.2, 0.25) is 0 Å². The zero-order valence-electron chi connectivity index (χ0n) is 9.47. The van der Waals surface area contributed by atoms with E-state index >= 15 is 0 Å². The van der Waals surface area contributed by atoms with E-state index < -0.39 is 0 Å². The number of nitrogens with zero attached hydrogens (tertiary/aromatic N) is 2. The minimum absolute atomic E-state index is 0.0209. The highest BCUT2D eigenvalue weighted by Gasteiger charge is 2.17. The molecular weight excluding hydrogens is 202 g/mol. The van der Waals surface area contributed by atoms with Gasteiger partial charge >= 0.3 is 0 Å². The Hall–Kier alpha value is -1.68. The van der Waals surface area contributed by atoms with Crippen molar-refractivity contribution in [2.75, 3.05) is 6.54 Å². The van der Waals surface area contributed by atoms with Crippen molar-refractivity contribution in [2.45, 2.75) is 19.9 Å². The van der Waals surface area contributed by atoms with Crippen molar-refractivity contribution in [3.05, 3.63) is 47.9 Å². The summed E-state index contributed by atoms with van der Waals surface area (Å²) >= 11 is 0. The summed E-state index contributed by atoms with van der Waals surface area (Å²) in [6, 6.07) is 3.90. The molecule has 0 spiro atoms. The van der Waals surface area contributed by atoms with Crippen LogP contribution in [0.2, 0.25) is 0 Å². The van der Waals surface area contributed by atoms with Crippen molar-refractivity contribution >= 4 is 0 Å². The Morgan fingerprint density at radius 1 is 1.38 bits per heavy atom. The van der Waals surface area contributed by atoms with Gasteiger partial charge in [0, 0.05) is 12.4 Å². The Labute approximate surface area is 94.7 Å². The normalized spacial score (nSPS) is 12.6. The lowest BCUT2D eigenvalue weighted by Crippen LogP contribution is -2.22. The second-order valence-corrected chi connectivity index (χ2v) is 3.57. The van der Waals surface area contributed by atoms with Crippen LogP contribution >= 0.6 is 0 Å². The first kappa shape index (κ1) is 10.8. The maximum atomic E-state index is 5.62. The molecule has 1 unspecified atom stereocenters. The molecule has 0 aliphatic carbocycles. The average molecular weight is 217 g/mol. The SMILES string of the molecule is CCNC(c1cnccn1)c1ccc(C)o1. The lowest BCUT2D eigenvalue weighted by molar-refractivity contribution is 0.430. The van der Waals surface area contributed by atoms with Crippen LogP contribution in [0.1, 0.15) is 30.2 Å². The van der Waals surface area contributed by atoms with Crippen LogP contribution in [-0.4, -0.2) is 16.5 Å². The number of hydrogen-bond acceptors (Lipinski definition) is 4. The third kappa shape index (κ3) is 2.28. The van der Waals surface area contributed by atoms with E-state index in [4.69, 9.17) is 4.42 Å². The van der Waals surface area contributed by atoms with Gasteiger partial charge in [-0.3, -0.25) is 9.97 Å². The predicted octanol–water partition coefficient (Wildman–Crippen LogP) is 2.08. The van der Waals surface area contributed by atoms with Crippen LogP contribution in [0.3, 0.4) is 0 Å². The first-order chi connectivity index (χ1) is 7.81. The minimum Gasteiger partial charge on any atom is -0.464 e. The van der Waals surface area contributed by atoms with Gasteiger partial charge in [0.1, 0.15) is 17.6 Å². The van der Waals surface area contributed by atoms with Gasteiger partial charge in [-0.15, -0.1) is 0 Å². The maximum absolute atomic E-state index is 5.62. The molecule has 0 saturated heterocycles. The van der Waals surface area contributed by atoms with Crippen molar-refractivity contribution in [3.63, 3.8) is 0 Å². The standard InChI is InChI=1S/C12H15N3O/c1-3-14-12(10-8-13-6-7-15-10)11-5-4-9(2)16-11/h4-8,12,14H,3H2,1-2H3. The van der Waals surface area contributed by atoms with E-state index in [1.54, 1.807) is 18.6 Å². The van der Waals surface area contributed by atoms with Crippen LogP contribution in [0.4, 0.5) is 0 Å². The number of rotatable bonds is 4. The first-order valence-electron chi connectivity index (χ1n) is 5.37. The summed E-state index contributed by atoms with van der Waals surface area (Å²) < 4.78 is 5.62. The van der Waals surface area contributed by atoms with Crippen LogP contribution < -0.4 is 5.32 Å². The quantitative estimate of drug-likeness (QED) is 0.851. The Bertz CT molecular complexity index is 439. The highest BCUT2D eigenvalue weighted by Crippen LogP contribution is 2.21. The summed E-state index contributed by atoms with van der Waals surface area (Å²) in [5.74, 6) is 1.78. The molecule has 0 bridgehead atoms. The largest absolute Gasteiger partial charge is 0.464 e. The Morgan fingerprint density at radius 3 is 2.81 bits per heavy atom. The van der Waals surface area contributed by atoms with E-state index in [-0.39, 0.29) is 6.04 Å². The van der Waals surface area contributed by atoms with Crippen molar-refractivity contribution in [2.24, 2.45) is 0 Å². The average Bonchev–Trinajstić information content (AvgIpc) is 2.74. The van der Waals surface area contributed by atoms with Crippen LogP contribution in [0.25, 0.3) is 0 Å². The third-order valence-electron chi connectivity index (χ3n) is 2.33. The van der Waals surface area contributed by atoms with Crippen LogP contribution in [0.15, 0.2) is 35.1 Å². The fraction of sp³-hybridized carbons (Fsp3) is 0.333. The van der Waals surface area contributed by atoms with Gasteiger partial charge in [-0.2, -0.15) is 0 Å². The second-order valence-electron chi connectivity index (χ2n) is 3.57. The molecule has 2 aromatic rings. The Balaban J connectivity index is 2.31. The zero-order chi connectivity index (χ0) is 11.4. The van der Waals surface area contributed by atoms with Crippen molar-refractivity contribution < 1.29 is 4.42 Å². The number of aromatic nitrogens is 2. The van der Waals surface area contributed by atoms with Gasteiger partial charge in [0.15, 0.2) is 0 Å². The molecule has 0 fully saturated rings. The second kappa shape index (κ2) is 4.90. The molecule has 0 amide bonds. The molecule has 0 aromatic carbocycles. The van der Waals surface area contributed by atoms with E-state index in [2.05, 4.69) is 22.2 Å². The summed E-state index contributed by atoms with van der Waals surface area (Å²) in [4.78, 5) is 8.37. The Kier molecular flexibility index (Phi) is 3.31. The van der Waals surface area contributed by atoms with Gasteiger partial charge in [-0.05, 0) is 25.6 Å². The number of aryl methyl sites for hydroxylation is 1. The molecule has 4 heteroatoms. The molecule has 2 rings (SSSR count). The summed E-state index contributed by atoms with van der Waals surface area (Å²) in [7, 11) is 0. The topological polar surface area (TPSA) is 51.0 Å². The van der Waals surface area contributed by atoms with Crippen molar-refractivity contribution in [1.29, 1.82) is 0 Å². The third-order valence-corrected chi connectivity index (χ3v) is 2.33.